The number of hydrogen-bond donors (Lipinski definition) is 2. The van der Waals surface area contributed by atoms with Gasteiger partial charge in [0, 0.05) is 15.9 Å². The number of nitrogens with one attached hydrogen (secondary N) is 1. The van der Waals surface area contributed by atoms with Gasteiger partial charge in [-0.05, 0) is 22.9 Å². The number of primary amides is 1. The van der Waals surface area contributed by atoms with E-state index in [1.807, 2.05) is 30.3 Å². The van der Waals surface area contributed by atoms with Crippen LogP contribution in [0.15, 0.2) is 35.2 Å². The van der Waals surface area contributed by atoms with Crippen molar-refractivity contribution in [3.63, 3.8) is 0 Å². The van der Waals surface area contributed by atoms with Gasteiger partial charge in [0.25, 0.3) is 0 Å². The summed E-state index contributed by atoms with van der Waals surface area (Å²) in [6.45, 7) is 0. The summed E-state index contributed by atoms with van der Waals surface area (Å²) in [7, 11) is 2.40. The van der Waals surface area contributed by atoms with Crippen LogP contribution in [-0.2, 0) is 9.59 Å². The fourth-order valence-electron chi connectivity index (χ4n) is 0.633. The van der Waals surface area contributed by atoms with Crippen molar-refractivity contribution in [1.29, 1.82) is 0 Å². The van der Waals surface area contributed by atoms with Gasteiger partial charge in [-0.15, -0.1) is 0 Å². The van der Waals surface area contributed by atoms with Crippen LogP contribution in [0.1, 0.15) is 0 Å². The highest BCUT2D eigenvalue weighted by molar-refractivity contribution is 8.76. The van der Waals surface area contributed by atoms with Gasteiger partial charge in [-0.2, -0.15) is 0 Å². The second-order valence-electron chi connectivity index (χ2n) is 2.28. The average Bonchev–Trinajstić information content (AvgIpc) is 2.19. The number of rotatable bonds is 3. The number of carbonyl (C=O) groups excluding carboxylic acids is 2. The standard InChI is InChI=1S/C8H8N2O2S2/c9-7(11)8(12)10-14-13-6-4-2-1-3-5-6/h1-5H,(H2,9,11)(H,10,12). The topological polar surface area (TPSA) is 72.2 Å². The molecule has 1 aromatic carbocycles. The zero-order valence-corrected chi connectivity index (χ0v) is 8.73. The van der Waals surface area contributed by atoms with Gasteiger partial charge in [0.1, 0.15) is 0 Å². The molecule has 0 heterocycles. The predicted octanol–water partition coefficient (Wildman–Crippen LogP) is 0.943. The Morgan fingerprint density at radius 3 is 2.43 bits per heavy atom. The van der Waals surface area contributed by atoms with Gasteiger partial charge in [0.15, 0.2) is 0 Å². The molecule has 0 aromatic heterocycles. The van der Waals surface area contributed by atoms with Crippen molar-refractivity contribution in [1.82, 2.24) is 4.72 Å². The molecule has 0 bridgehead atoms. The molecule has 1 rings (SSSR count). The van der Waals surface area contributed by atoms with Gasteiger partial charge in [-0.3, -0.25) is 14.3 Å². The second kappa shape index (κ2) is 5.56. The molecule has 2 amide bonds. The molecule has 0 radical (unpaired) electrons. The zero-order valence-electron chi connectivity index (χ0n) is 7.10. The monoisotopic (exact) mass is 228 g/mol. The van der Waals surface area contributed by atoms with E-state index in [4.69, 9.17) is 5.73 Å². The third kappa shape index (κ3) is 3.71. The van der Waals surface area contributed by atoms with Crippen LogP contribution in [0.4, 0.5) is 0 Å². The Balaban J connectivity index is 2.29. The average molecular weight is 228 g/mol. The number of benzene rings is 1. The maximum Gasteiger partial charge on any atom is 0.319 e. The summed E-state index contributed by atoms with van der Waals surface area (Å²) in [5.74, 6) is -1.77. The van der Waals surface area contributed by atoms with Gasteiger partial charge in [-0.25, -0.2) is 0 Å². The Labute approximate surface area is 89.2 Å². The third-order valence-corrected chi connectivity index (χ3v) is 3.13. The molecule has 4 nitrogen and oxygen atoms in total. The summed E-state index contributed by atoms with van der Waals surface area (Å²) >= 11 is 0. The molecule has 0 unspecified atom stereocenters. The lowest BCUT2D eigenvalue weighted by Gasteiger charge is -1.99. The normalized spacial score (nSPS) is 9.43. The SMILES string of the molecule is NC(=O)C(=O)NSSc1ccccc1. The van der Waals surface area contributed by atoms with E-state index < -0.39 is 11.8 Å². The number of hydrogen-bond acceptors (Lipinski definition) is 4. The molecular weight excluding hydrogens is 220 g/mol. The smallest absolute Gasteiger partial charge is 0.319 e. The molecule has 0 aliphatic carbocycles. The minimum absolute atomic E-state index is 0.793. The molecular formula is C8H8N2O2S2. The summed E-state index contributed by atoms with van der Waals surface area (Å²) in [5.41, 5.74) is 4.74. The summed E-state index contributed by atoms with van der Waals surface area (Å²) in [5, 5.41) is 0. The van der Waals surface area contributed by atoms with Gasteiger partial charge in [0.05, 0.1) is 0 Å². The minimum Gasteiger partial charge on any atom is -0.361 e. The molecule has 0 aliphatic heterocycles. The quantitative estimate of drug-likeness (QED) is 0.459. The number of carbonyl (C=O) groups is 2. The molecule has 0 fully saturated rings. The first kappa shape index (κ1) is 10.9. The van der Waals surface area contributed by atoms with Crippen LogP contribution in [0.5, 0.6) is 0 Å². The van der Waals surface area contributed by atoms with Crippen molar-refractivity contribution in [3.05, 3.63) is 30.3 Å². The maximum absolute atomic E-state index is 10.7. The van der Waals surface area contributed by atoms with E-state index in [1.54, 1.807) is 0 Å². The summed E-state index contributed by atoms with van der Waals surface area (Å²) in [6.07, 6.45) is 0. The Kier molecular flexibility index (Phi) is 4.34. The van der Waals surface area contributed by atoms with Crippen LogP contribution < -0.4 is 10.5 Å². The number of nitrogens with two attached hydrogens (primary N) is 1. The molecule has 0 atom stereocenters. The molecule has 0 saturated carbocycles. The molecule has 0 aliphatic rings. The predicted molar refractivity (Wildman–Crippen MR) is 57.2 cm³/mol. The van der Waals surface area contributed by atoms with E-state index >= 15 is 0 Å². The van der Waals surface area contributed by atoms with Crippen molar-refractivity contribution in [3.8, 4) is 0 Å². The largest absolute Gasteiger partial charge is 0.361 e. The minimum atomic E-state index is -0.980. The van der Waals surface area contributed by atoms with Crippen molar-refractivity contribution >= 4 is 33.6 Å². The lowest BCUT2D eigenvalue weighted by atomic mass is 10.4. The summed E-state index contributed by atoms with van der Waals surface area (Å²) < 4.78 is 2.30. The van der Waals surface area contributed by atoms with Crippen LogP contribution in [0.2, 0.25) is 0 Å². The molecule has 14 heavy (non-hydrogen) atoms. The first-order valence-electron chi connectivity index (χ1n) is 3.68. The Morgan fingerprint density at radius 1 is 1.21 bits per heavy atom. The van der Waals surface area contributed by atoms with E-state index in [-0.39, 0.29) is 0 Å². The highest BCUT2D eigenvalue weighted by Crippen LogP contribution is 2.27. The van der Waals surface area contributed by atoms with Gasteiger partial charge < -0.3 is 5.73 Å². The zero-order chi connectivity index (χ0) is 10.4. The first-order valence-corrected chi connectivity index (χ1v) is 5.83. The maximum atomic E-state index is 10.7. The second-order valence-corrected chi connectivity index (χ2v) is 4.28. The summed E-state index contributed by atoms with van der Waals surface area (Å²) in [4.78, 5) is 22.0. The van der Waals surface area contributed by atoms with Gasteiger partial charge >= 0.3 is 11.8 Å². The van der Waals surface area contributed by atoms with Crippen molar-refractivity contribution < 1.29 is 9.59 Å². The van der Waals surface area contributed by atoms with E-state index in [0.29, 0.717) is 0 Å². The lowest BCUT2D eigenvalue weighted by molar-refractivity contribution is -0.136. The molecule has 1 aromatic rings. The molecule has 3 N–H and O–H groups in total. The van der Waals surface area contributed by atoms with Crippen molar-refractivity contribution in [2.24, 2.45) is 5.73 Å². The van der Waals surface area contributed by atoms with E-state index in [2.05, 4.69) is 4.72 Å². The van der Waals surface area contributed by atoms with E-state index in [0.717, 1.165) is 15.9 Å². The Morgan fingerprint density at radius 2 is 1.86 bits per heavy atom. The molecule has 0 spiro atoms. The van der Waals surface area contributed by atoms with Crippen LogP contribution in [0, 0.1) is 0 Å². The van der Waals surface area contributed by atoms with E-state index in [1.165, 1.54) is 10.8 Å². The highest BCUT2D eigenvalue weighted by atomic mass is 33.1. The summed E-state index contributed by atoms with van der Waals surface area (Å²) in [6, 6.07) is 9.47. The lowest BCUT2D eigenvalue weighted by Crippen LogP contribution is -2.31. The van der Waals surface area contributed by atoms with Crippen molar-refractivity contribution in [2.45, 2.75) is 4.90 Å². The van der Waals surface area contributed by atoms with Crippen LogP contribution in [0.3, 0.4) is 0 Å². The van der Waals surface area contributed by atoms with Crippen LogP contribution in [-0.4, -0.2) is 11.8 Å². The highest BCUT2D eigenvalue weighted by Gasteiger charge is 2.07. The first-order chi connectivity index (χ1) is 6.70. The molecule has 74 valence electrons. The fraction of sp³-hybridized carbons (Fsp3) is 0. The Bertz CT molecular complexity index is 329. The number of amides is 2. The fourth-order valence-corrected chi connectivity index (χ4v) is 2.19. The van der Waals surface area contributed by atoms with E-state index in [9.17, 15) is 9.59 Å². The van der Waals surface area contributed by atoms with Gasteiger partial charge in [-0.1, -0.05) is 18.2 Å². The molecule has 0 saturated heterocycles. The van der Waals surface area contributed by atoms with Crippen LogP contribution in [0.25, 0.3) is 0 Å². The Hall–Kier alpha value is -1.14. The van der Waals surface area contributed by atoms with Crippen molar-refractivity contribution in [2.75, 3.05) is 0 Å². The van der Waals surface area contributed by atoms with Gasteiger partial charge in [0.2, 0.25) is 0 Å². The molecule has 6 heteroatoms. The third-order valence-electron chi connectivity index (χ3n) is 1.24. The van der Waals surface area contributed by atoms with Crippen LogP contribution >= 0.6 is 21.8 Å².